The monoisotopic (exact) mass is 369 g/mol. The third kappa shape index (κ3) is 5.23. The molecule has 1 unspecified atom stereocenters. The number of anilines is 1. The molecule has 144 valence electrons. The van der Waals surface area contributed by atoms with Gasteiger partial charge < -0.3 is 20.3 Å². The smallest absolute Gasteiger partial charge is 0.319 e. The van der Waals surface area contributed by atoms with Crippen molar-refractivity contribution in [3.63, 3.8) is 0 Å². The lowest BCUT2D eigenvalue weighted by atomic mass is 10.0. The minimum absolute atomic E-state index is 0.0518. The molecule has 0 aliphatic carbocycles. The Bertz CT molecular complexity index is 788. The van der Waals surface area contributed by atoms with Crippen LogP contribution in [0.2, 0.25) is 0 Å². The molecule has 2 N–H and O–H groups in total. The SMILES string of the molecule is COc1ccccc1C(C)N(C)C(=O)c1ccc(NC(=O)NC(C)C)cc1. The molecule has 6 nitrogen and oxygen atoms in total. The van der Waals surface area contributed by atoms with Crippen LogP contribution in [0.25, 0.3) is 0 Å². The van der Waals surface area contributed by atoms with E-state index in [1.165, 1.54) is 0 Å². The van der Waals surface area contributed by atoms with Gasteiger partial charge in [-0.1, -0.05) is 18.2 Å². The molecule has 2 aromatic rings. The lowest BCUT2D eigenvalue weighted by molar-refractivity contribution is 0.0741. The molecule has 0 saturated carbocycles. The van der Waals surface area contributed by atoms with Gasteiger partial charge in [0.1, 0.15) is 5.75 Å². The highest BCUT2D eigenvalue weighted by atomic mass is 16.5. The summed E-state index contributed by atoms with van der Waals surface area (Å²) in [5, 5.41) is 5.49. The third-order valence-corrected chi connectivity index (χ3v) is 4.30. The zero-order valence-corrected chi connectivity index (χ0v) is 16.4. The first-order valence-electron chi connectivity index (χ1n) is 8.91. The molecule has 0 spiro atoms. The number of amides is 3. The second kappa shape index (κ2) is 9.07. The fourth-order valence-electron chi connectivity index (χ4n) is 2.73. The topological polar surface area (TPSA) is 70.7 Å². The van der Waals surface area contributed by atoms with Gasteiger partial charge >= 0.3 is 6.03 Å². The number of carbonyl (C=O) groups excluding carboxylic acids is 2. The van der Waals surface area contributed by atoms with Crippen molar-refractivity contribution in [1.29, 1.82) is 0 Å². The van der Waals surface area contributed by atoms with E-state index in [1.807, 2.05) is 45.0 Å². The first kappa shape index (κ1) is 20.3. The van der Waals surface area contributed by atoms with Crippen LogP contribution in [-0.4, -0.2) is 37.0 Å². The van der Waals surface area contributed by atoms with Crippen molar-refractivity contribution in [3.05, 3.63) is 59.7 Å². The Hall–Kier alpha value is -3.02. The second-order valence-corrected chi connectivity index (χ2v) is 6.66. The number of hydrogen-bond acceptors (Lipinski definition) is 3. The predicted octanol–water partition coefficient (Wildman–Crippen LogP) is 4.06. The van der Waals surface area contributed by atoms with Crippen LogP contribution in [-0.2, 0) is 0 Å². The molecule has 0 saturated heterocycles. The molecule has 1 atom stereocenters. The van der Waals surface area contributed by atoms with E-state index >= 15 is 0 Å². The number of nitrogens with zero attached hydrogens (tertiary/aromatic N) is 1. The molecule has 0 heterocycles. The molecule has 0 fully saturated rings. The number of methoxy groups -OCH3 is 1. The van der Waals surface area contributed by atoms with Gasteiger partial charge in [0.25, 0.3) is 5.91 Å². The van der Waals surface area contributed by atoms with E-state index < -0.39 is 0 Å². The number of carbonyl (C=O) groups is 2. The van der Waals surface area contributed by atoms with Crippen molar-refractivity contribution in [1.82, 2.24) is 10.2 Å². The lowest BCUT2D eigenvalue weighted by Crippen LogP contribution is -2.34. The van der Waals surface area contributed by atoms with E-state index in [0.717, 1.165) is 11.3 Å². The average Bonchev–Trinajstić information content (AvgIpc) is 2.66. The molecule has 27 heavy (non-hydrogen) atoms. The molecule has 0 radical (unpaired) electrons. The molecule has 0 aromatic heterocycles. The number of benzene rings is 2. The number of ether oxygens (including phenoxy) is 1. The number of para-hydroxylation sites is 1. The van der Waals surface area contributed by atoms with Crippen molar-refractivity contribution in [2.45, 2.75) is 32.9 Å². The van der Waals surface area contributed by atoms with Crippen LogP contribution in [0.3, 0.4) is 0 Å². The Morgan fingerprint density at radius 3 is 2.22 bits per heavy atom. The highest BCUT2D eigenvalue weighted by Crippen LogP contribution is 2.29. The summed E-state index contributed by atoms with van der Waals surface area (Å²) in [6.07, 6.45) is 0. The maximum absolute atomic E-state index is 12.8. The van der Waals surface area contributed by atoms with Crippen molar-refractivity contribution < 1.29 is 14.3 Å². The maximum atomic E-state index is 12.8. The Labute approximate surface area is 160 Å². The van der Waals surface area contributed by atoms with Crippen molar-refractivity contribution in [3.8, 4) is 5.75 Å². The van der Waals surface area contributed by atoms with Crippen LogP contribution in [0, 0.1) is 0 Å². The van der Waals surface area contributed by atoms with Crippen LogP contribution in [0.1, 0.15) is 42.7 Å². The van der Waals surface area contributed by atoms with Gasteiger partial charge in [0.2, 0.25) is 0 Å². The zero-order valence-electron chi connectivity index (χ0n) is 16.4. The fraction of sp³-hybridized carbons (Fsp3) is 0.333. The van der Waals surface area contributed by atoms with Gasteiger partial charge in [0.05, 0.1) is 13.2 Å². The first-order chi connectivity index (χ1) is 12.8. The van der Waals surface area contributed by atoms with Crippen LogP contribution in [0.15, 0.2) is 48.5 Å². The van der Waals surface area contributed by atoms with Gasteiger partial charge in [0.15, 0.2) is 0 Å². The van der Waals surface area contributed by atoms with E-state index in [9.17, 15) is 9.59 Å². The van der Waals surface area contributed by atoms with E-state index in [1.54, 1.807) is 43.3 Å². The molecule has 2 aromatic carbocycles. The summed E-state index contributed by atoms with van der Waals surface area (Å²) in [7, 11) is 3.39. The van der Waals surface area contributed by atoms with E-state index in [-0.39, 0.29) is 24.0 Å². The minimum atomic E-state index is -0.272. The van der Waals surface area contributed by atoms with E-state index in [0.29, 0.717) is 11.3 Å². The summed E-state index contributed by atoms with van der Waals surface area (Å²) >= 11 is 0. The molecule has 3 amide bonds. The number of rotatable bonds is 6. The van der Waals surface area contributed by atoms with Gasteiger partial charge in [0, 0.05) is 29.9 Å². The minimum Gasteiger partial charge on any atom is -0.496 e. The van der Waals surface area contributed by atoms with Crippen LogP contribution < -0.4 is 15.4 Å². The summed E-state index contributed by atoms with van der Waals surface area (Å²) in [6.45, 7) is 5.74. The van der Waals surface area contributed by atoms with Crippen LogP contribution in [0.5, 0.6) is 5.75 Å². The summed E-state index contributed by atoms with van der Waals surface area (Å²) in [4.78, 5) is 26.2. The Morgan fingerprint density at radius 2 is 1.63 bits per heavy atom. The maximum Gasteiger partial charge on any atom is 0.319 e. The molecular formula is C21H27N3O3. The zero-order chi connectivity index (χ0) is 20.0. The van der Waals surface area contributed by atoms with E-state index in [4.69, 9.17) is 4.74 Å². The molecule has 0 bridgehead atoms. The summed E-state index contributed by atoms with van der Waals surface area (Å²) < 4.78 is 5.40. The molecular weight excluding hydrogens is 342 g/mol. The Morgan fingerprint density at radius 1 is 1.00 bits per heavy atom. The predicted molar refractivity (Wildman–Crippen MR) is 107 cm³/mol. The van der Waals surface area contributed by atoms with Gasteiger partial charge in [-0.15, -0.1) is 0 Å². The summed E-state index contributed by atoms with van der Waals surface area (Å²) in [5.74, 6) is 0.645. The van der Waals surface area contributed by atoms with Gasteiger partial charge in [-0.25, -0.2) is 4.79 Å². The number of hydrogen-bond donors (Lipinski definition) is 2. The van der Waals surface area contributed by atoms with Crippen molar-refractivity contribution in [2.75, 3.05) is 19.5 Å². The summed E-state index contributed by atoms with van der Waals surface area (Å²) in [6, 6.07) is 14.1. The first-order valence-corrected chi connectivity index (χ1v) is 8.91. The van der Waals surface area contributed by atoms with Gasteiger partial charge in [-0.3, -0.25) is 4.79 Å². The van der Waals surface area contributed by atoms with Crippen molar-refractivity contribution in [2.24, 2.45) is 0 Å². The normalized spacial score (nSPS) is 11.6. The van der Waals surface area contributed by atoms with Gasteiger partial charge in [-0.2, -0.15) is 0 Å². The quantitative estimate of drug-likeness (QED) is 0.807. The number of nitrogens with one attached hydrogen (secondary N) is 2. The second-order valence-electron chi connectivity index (χ2n) is 6.66. The van der Waals surface area contributed by atoms with Crippen LogP contribution in [0.4, 0.5) is 10.5 Å². The average molecular weight is 369 g/mol. The largest absolute Gasteiger partial charge is 0.496 e. The van der Waals surface area contributed by atoms with E-state index in [2.05, 4.69) is 10.6 Å². The van der Waals surface area contributed by atoms with Crippen molar-refractivity contribution >= 4 is 17.6 Å². The molecule has 2 rings (SSSR count). The Kier molecular flexibility index (Phi) is 6.82. The Balaban J connectivity index is 2.09. The molecule has 0 aliphatic heterocycles. The standard InChI is InChI=1S/C21H27N3O3/c1-14(2)22-21(26)23-17-12-10-16(11-13-17)20(25)24(4)15(3)18-8-6-7-9-19(18)27-5/h6-15H,1-5H3,(H2,22,23,26). The summed E-state index contributed by atoms with van der Waals surface area (Å²) in [5.41, 5.74) is 2.12. The highest BCUT2D eigenvalue weighted by Gasteiger charge is 2.21. The molecule has 0 aliphatic rings. The van der Waals surface area contributed by atoms with Gasteiger partial charge in [-0.05, 0) is 51.1 Å². The van der Waals surface area contributed by atoms with Crippen LogP contribution >= 0.6 is 0 Å². The number of urea groups is 1. The molecule has 6 heteroatoms. The third-order valence-electron chi connectivity index (χ3n) is 4.30. The highest BCUT2D eigenvalue weighted by molar-refractivity contribution is 5.95. The lowest BCUT2D eigenvalue weighted by Gasteiger charge is -2.26. The fourth-order valence-corrected chi connectivity index (χ4v) is 2.73.